The molecule has 0 unspecified atom stereocenters. The highest BCUT2D eigenvalue weighted by Crippen LogP contribution is 2.30. The molecule has 0 saturated heterocycles. The molecule has 0 amide bonds. The smallest absolute Gasteiger partial charge is 0.238 e. The maximum Gasteiger partial charge on any atom is 0.238 e. The second-order valence-corrected chi connectivity index (χ2v) is 11.5. The van der Waals surface area contributed by atoms with E-state index in [0.29, 0.717) is 0 Å². The van der Waals surface area contributed by atoms with E-state index in [2.05, 4.69) is 63.0 Å². The molecule has 0 atom stereocenters. The van der Waals surface area contributed by atoms with E-state index in [1.807, 2.05) is 0 Å². The van der Waals surface area contributed by atoms with Crippen LogP contribution >= 0.6 is 0 Å². The molecule has 0 saturated carbocycles. The third kappa shape index (κ3) is 7.40. The Morgan fingerprint density at radius 3 is 1.24 bits per heavy atom. The summed E-state index contributed by atoms with van der Waals surface area (Å²) in [7, 11) is -1.93. The molecule has 25 heavy (non-hydrogen) atoms. The second-order valence-electron chi connectivity index (χ2n) is 7.29. The molecule has 3 heteroatoms. The van der Waals surface area contributed by atoms with Crippen molar-refractivity contribution in [3.05, 3.63) is 24.4 Å². The van der Waals surface area contributed by atoms with Crippen LogP contribution in [0.1, 0.15) is 86.0 Å². The van der Waals surface area contributed by atoms with Crippen molar-refractivity contribution in [3.8, 4) is 0 Å². The Morgan fingerprint density at radius 2 is 1.04 bits per heavy atom. The van der Waals surface area contributed by atoms with Gasteiger partial charge >= 0.3 is 0 Å². The molecule has 0 rings (SSSR count). The average Bonchev–Trinajstić information content (AvgIpc) is 2.64. The van der Waals surface area contributed by atoms with E-state index < -0.39 is 8.40 Å². The summed E-state index contributed by atoms with van der Waals surface area (Å²) < 4.78 is 5.74. The van der Waals surface area contributed by atoms with Crippen LogP contribution in [0.3, 0.4) is 0 Å². The zero-order chi connectivity index (χ0) is 19.1. The van der Waals surface area contributed by atoms with Gasteiger partial charge in [0.1, 0.15) is 0 Å². The van der Waals surface area contributed by atoms with E-state index >= 15 is 0 Å². The molecule has 0 spiro atoms. The number of hydrogen-bond acceptors (Lipinski definition) is 2. The molecule has 0 aromatic heterocycles. The quantitative estimate of drug-likeness (QED) is 0.213. The minimum absolute atomic E-state index is 1.22. The molecule has 0 aromatic carbocycles. The van der Waals surface area contributed by atoms with Gasteiger partial charge in [-0.1, -0.05) is 79.5 Å². The lowest BCUT2D eigenvalue weighted by atomic mass is 10.3. The van der Waals surface area contributed by atoms with Crippen LogP contribution in [0.15, 0.2) is 24.4 Å². The lowest BCUT2D eigenvalue weighted by Crippen LogP contribution is -2.67. The van der Waals surface area contributed by atoms with Crippen molar-refractivity contribution in [1.82, 2.24) is 9.13 Å². The monoisotopic (exact) mass is 366 g/mol. The van der Waals surface area contributed by atoms with Gasteiger partial charge in [-0.05, 0) is 63.1 Å². The summed E-state index contributed by atoms with van der Waals surface area (Å²) in [5, 5.41) is 1.33. The zero-order valence-electron chi connectivity index (χ0n) is 18.1. The summed E-state index contributed by atoms with van der Waals surface area (Å²) in [4.78, 5) is 0. The SMILES string of the molecule is C=CC(=C)[Si](CC)(N(CCCC)CCCC)N(CCCC)CCCC. The predicted molar refractivity (Wildman–Crippen MR) is 118 cm³/mol. The molecule has 2 nitrogen and oxygen atoms in total. The number of rotatable bonds is 17. The molecule has 0 radical (unpaired) electrons. The third-order valence-corrected chi connectivity index (χ3v) is 10.6. The highest BCUT2D eigenvalue weighted by Gasteiger charge is 2.44. The summed E-state index contributed by atoms with van der Waals surface area (Å²) in [6.07, 6.45) is 12.3. The first-order valence-electron chi connectivity index (χ1n) is 10.9. The van der Waals surface area contributed by atoms with Gasteiger partial charge in [-0.3, -0.25) is 0 Å². The minimum Gasteiger partial charge on any atom is -0.308 e. The van der Waals surface area contributed by atoms with E-state index in [4.69, 9.17) is 0 Å². The van der Waals surface area contributed by atoms with Crippen molar-refractivity contribution >= 4 is 8.40 Å². The Balaban J connectivity index is 5.84. The van der Waals surface area contributed by atoms with Crippen LogP contribution in [0.2, 0.25) is 6.04 Å². The normalized spacial score (nSPS) is 12.1. The van der Waals surface area contributed by atoms with Crippen LogP contribution in [-0.4, -0.2) is 43.7 Å². The molecule has 0 bridgehead atoms. The largest absolute Gasteiger partial charge is 0.308 e. The van der Waals surface area contributed by atoms with Gasteiger partial charge in [-0.15, -0.1) is 0 Å². The number of allylic oxidation sites excluding steroid dienone is 2. The van der Waals surface area contributed by atoms with Crippen LogP contribution in [-0.2, 0) is 0 Å². The van der Waals surface area contributed by atoms with Gasteiger partial charge in [0.25, 0.3) is 0 Å². The van der Waals surface area contributed by atoms with Gasteiger partial charge in [0.15, 0.2) is 0 Å². The van der Waals surface area contributed by atoms with Crippen molar-refractivity contribution in [2.45, 2.75) is 92.0 Å². The first kappa shape index (κ1) is 24.6. The van der Waals surface area contributed by atoms with E-state index in [9.17, 15) is 0 Å². The van der Waals surface area contributed by atoms with Gasteiger partial charge in [-0.25, -0.2) is 0 Å². The molecule has 0 fully saturated rings. The molecular weight excluding hydrogens is 320 g/mol. The fourth-order valence-corrected chi connectivity index (χ4v) is 8.80. The van der Waals surface area contributed by atoms with Gasteiger partial charge in [0, 0.05) is 0 Å². The van der Waals surface area contributed by atoms with Crippen molar-refractivity contribution in [3.63, 3.8) is 0 Å². The number of unbranched alkanes of at least 4 members (excludes halogenated alkanes) is 4. The van der Waals surface area contributed by atoms with Crippen LogP contribution in [0, 0.1) is 0 Å². The zero-order valence-corrected chi connectivity index (χ0v) is 19.1. The lowest BCUT2D eigenvalue weighted by Gasteiger charge is -2.50. The van der Waals surface area contributed by atoms with Crippen molar-refractivity contribution < 1.29 is 0 Å². The predicted octanol–water partition coefficient (Wildman–Crippen LogP) is 6.53. The average molecular weight is 367 g/mol. The summed E-state index contributed by atoms with van der Waals surface area (Å²) >= 11 is 0. The maximum absolute atomic E-state index is 4.55. The van der Waals surface area contributed by atoms with Crippen LogP contribution in [0.25, 0.3) is 0 Å². The molecule has 0 aliphatic carbocycles. The van der Waals surface area contributed by atoms with Crippen LogP contribution in [0.5, 0.6) is 0 Å². The second kappa shape index (κ2) is 14.8. The Bertz CT molecular complexity index is 318. The lowest BCUT2D eigenvalue weighted by molar-refractivity contribution is 0.308. The van der Waals surface area contributed by atoms with Crippen molar-refractivity contribution in [1.29, 1.82) is 0 Å². The van der Waals surface area contributed by atoms with Gasteiger partial charge < -0.3 is 9.13 Å². The Hall–Kier alpha value is -0.383. The number of nitrogens with zero attached hydrogens (tertiary/aromatic N) is 2. The first-order valence-corrected chi connectivity index (χ1v) is 13.0. The Kier molecular flexibility index (Phi) is 14.5. The van der Waals surface area contributed by atoms with Gasteiger partial charge in [-0.2, -0.15) is 0 Å². The molecule has 0 heterocycles. The highest BCUT2D eigenvalue weighted by molar-refractivity contribution is 6.82. The Labute approximate surface area is 160 Å². The molecule has 148 valence electrons. The fraction of sp³-hybridized carbons (Fsp3) is 0.818. The third-order valence-electron chi connectivity index (χ3n) is 5.43. The standard InChI is InChI=1S/C22H46N2Si/c1-8-14-18-23(19-15-9-2)25(13-6,22(7)12-5)24(20-16-10-3)21-17-11-4/h12H,5,7-11,13-21H2,1-4,6H3. The van der Waals surface area contributed by atoms with Gasteiger partial charge in [0.2, 0.25) is 8.40 Å². The summed E-state index contributed by atoms with van der Waals surface area (Å²) in [5.41, 5.74) is 0. The summed E-state index contributed by atoms with van der Waals surface area (Å²) in [6, 6.07) is 1.22. The Morgan fingerprint density at radius 1 is 0.720 bits per heavy atom. The van der Waals surface area contributed by atoms with Gasteiger partial charge in [0.05, 0.1) is 0 Å². The summed E-state index contributed by atoms with van der Waals surface area (Å²) in [5.74, 6) is 0. The fourth-order valence-electron chi connectivity index (χ4n) is 3.80. The van der Waals surface area contributed by atoms with Crippen molar-refractivity contribution in [2.24, 2.45) is 0 Å². The van der Waals surface area contributed by atoms with E-state index in [1.54, 1.807) is 0 Å². The number of hydrogen-bond donors (Lipinski definition) is 0. The minimum atomic E-state index is -1.93. The first-order chi connectivity index (χ1) is 12.1. The summed E-state index contributed by atoms with van der Waals surface area (Å²) in [6.45, 7) is 25.2. The molecule has 0 aliphatic rings. The molecule has 0 N–H and O–H groups in total. The maximum atomic E-state index is 4.55. The molecule has 0 aromatic rings. The van der Waals surface area contributed by atoms with E-state index in [1.165, 1.54) is 88.8 Å². The van der Waals surface area contributed by atoms with E-state index in [0.717, 1.165) is 0 Å². The highest BCUT2D eigenvalue weighted by atomic mass is 28.3. The topological polar surface area (TPSA) is 6.48 Å². The van der Waals surface area contributed by atoms with Crippen molar-refractivity contribution in [2.75, 3.05) is 26.2 Å². The van der Waals surface area contributed by atoms with E-state index in [-0.39, 0.29) is 0 Å². The van der Waals surface area contributed by atoms with Crippen LogP contribution < -0.4 is 0 Å². The molecule has 0 aliphatic heterocycles. The van der Waals surface area contributed by atoms with Crippen LogP contribution in [0.4, 0.5) is 0 Å². The molecular formula is C22H46N2Si.